The lowest BCUT2D eigenvalue weighted by Gasteiger charge is -2.28. The lowest BCUT2D eigenvalue weighted by Crippen LogP contribution is -2.49. The van der Waals surface area contributed by atoms with Gasteiger partial charge in [0.05, 0.1) is 14.2 Å². The average Bonchev–Trinajstić information content (AvgIpc) is 3.35. The molecule has 198 valence electrons. The molecule has 10 nitrogen and oxygen atoms in total. The van der Waals surface area contributed by atoms with Crippen molar-refractivity contribution >= 4 is 11.8 Å². The van der Waals surface area contributed by atoms with Crippen molar-refractivity contribution in [2.24, 2.45) is 5.92 Å². The molecule has 1 N–H and O–H groups in total. The van der Waals surface area contributed by atoms with Crippen molar-refractivity contribution in [2.45, 2.75) is 46.3 Å². The Morgan fingerprint density at radius 1 is 1.05 bits per heavy atom. The van der Waals surface area contributed by atoms with Crippen LogP contribution < -0.4 is 14.8 Å². The Hall–Kier alpha value is -4.02. The van der Waals surface area contributed by atoms with Gasteiger partial charge in [-0.1, -0.05) is 26.0 Å². The van der Waals surface area contributed by atoms with E-state index in [1.54, 1.807) is 44.4 Å². The summed E-state index contributed by atoms with van der Waals surface area (Å²) in [5.74, 6) is 0.779. The first-order chi connectivity index (χ1) is 17.7. The Morgan fingerprint density at radius 2 is 1.76 bits per heavy atom. The summed E-state index contributed by atoms with van der Waals surface area (Å²) in [4.78, 5) is 28.8. The van der Waals surface area contributed by atoms with E-state index < -0.39 is 6.04 Å². The van der Waals surface area contributed by atoms with Gasteiger partial charge in [-0.3, -0.25) is 9.59 Å². The van der Waals surface area contributed by atoms with E-state index in [0.717, 1.165) is 6.42 Å². The van der Waals surface area contributed by atoms with Crippen LogP contribution in [0.2, 0.25) is 0 Å². The Bertz CT molecular complexity index is 1200. The van der Waals surface area contributed by atoms with E-state index >= 15 is 0 Å². The third-order valence-electron chi connectivity index (χ3n) is 5.83. The van der Waals surface area contributed by atoms with Crippen molar-refractivity contribution in [3.63, 3.8) is 0 Å². The number of carbonyl (C=O) groups is 2. The number of rotatable bonds is 12. The van der Waals surface area contributed by atoms with Crippen molar-refractivity contribution in [1.29, 1.82) is 0 Å². The lowest BCUT2D eigenvalue weighted by atomic mass is 10.1. The van der Waals surface area contributed by atoms with Gasteiger partial charge in [-0.25, -0.2) is 4.39 Å². The summed E-state index contributed by atoms with van der Waals surface area (Å²) >= 11 is 0. The number of methoxy groups -OCH3 is 2. The molecule has 0 bridgehead atoms. The second-order valence-electron chi connectivity index (χ2n) is 9.01. The van der Waals surface area contributed by atoms with Gasteiger partial charge in [0.2, 0.25) is 17.6 Å². The van der Waals surface area contributed by atoms with Crippen LogP contribution in [0.5, 0.6) is 11.5 Å². The first-order valence-electron chi connectivity index (χ1n) is 12.0. The fraction of sp³-hybridized carbons (Fsp3) is 0.423. The van der Waals surface area contributed by atoms with Crippen molar-refractivity contribution in [3.05, 3.63) is 53.8 Å². The smallest absolute Gasteiger partial charge is 0.247 e. The Labute approximate surface area is 215 Å². The average molecular weight is 513 g/mol. The van der Waals surface area contributed by atoms with Crippen LogP contribution in [0.4, 0.5) is 4.39 Å². The minimum atomic E-state index is -0.765. The van der Waals surface area contributed by atoms with E-state index in [-0.39, 0.29) is 30.7 Å². The van der Waals surface area contributed by atoms with E-state index in [2.05, 4.69) is 34.6 Å². The van der Waals surface area contributed by atoms with Gasteiger partial charge in [0.1, 0.15) is 18.4 Å². The summed E-state index contributed by atoms with van der Waals surface area (Å²) in [6.07, 6.45) is 0.826. The van der Waals surface area contributed by atoms with Gasteiger partial charge in [0, 0.05) is 18.7 Å². The monoisotopic (exact) mass is 512 g/mol. The molecule has 2 amide bonds. The van der Waals surface area contributed by atoms with Crippen molar-refractivity contribution in [1.82, 2.24) is 30.4 Å². The number of tetrazole rings is 1. The molecule has 11 heteroatoms. The number of aromatic nitrogens is 4. The highest BCUT2D eigenvalue weighted by Gasteiger charge is 2.27. The quantitative estimate of drug-likeness (QED) is 0.397. The molecule has 37 heavy (non-hydrogen) atoms. The molecule has 0 aliphatic carbocycles. The molecule has 1 aromatic heterocycles. The van der Waals surface area contributed by atoms with Crippen LogP contribution in [0.25, 0.3) is 11.4 Å². The first kappa shape index (κ1) is 27.6. The Kier molecular flexibility index (Phi) is 9.53. The molecule has 2 aromatic carbocycles. The number of nitrogens with one attached hydrogen (secondary N) is 1. The lowest BCUT2D eigenvalue weighted by molar-refractivity contribution is -0.141. The highest BCUT2D eigenvalue weighted by molar-refractivity contribution is 5.87. The first-order valence-corrected chi connectivity index (χ1v) is 12.0. The number of hydrogen-bond donors (Lipinski definition) is 1. The third-order valence-corrected chi connectivity index (χ3v) is 5.83. The van der Waals surface area contributed by atoms with Crippen molar-refractivity contribution in [2.75, 3.05) is 20.8 Å². The maximum atomic E-state index is 13.4. The standard InChI is InChI=1S/C26H33FN6O4/c1-17(2)12-13-28-26(35)18(3)32(15-19-6-9-21(27)10-7-19)24(34)16-33-30-25(29-31-33)20-8-11-22(36-4)23(14-20)37-5/h6-11,14,17-18H,12-13,15-16H2,1-5H3,(H,28,35)/t18-/m1/s1. The van der Waals surface area contributed by atoms with E-state index in [1.165, 1.54) is 28.9 Å². The molecule has 3 rings (SSSR count). The molecule has 3 aromatic rings. The SMILES string of the molecule is COc1ccc(-c2nnn(CC(=O)N(Cc3ccc(F)cc3)[C@H](C)C(=O)NCCC(C)C)n2)cc1OC. The summed E-state index contributed by atoms with van der Waals surface area (Å²) in [6, 6.07) is 10.2. The molecule has 0 unspecified atom stereocenters. The highest BCUT2D eigenvalue weighted by atomic mass is 19.1. The highest BCUT2D eigenvalue weighted by Crippen LogP contribution is 2.30. The zero-order chi connectivity index (χ0) is 26.9. The zero-order valence-corrected chi connectivity index (χ0v) is 21.8. The van der Waals surface area contributed by atoms with E-state index in [0.29, 0.717) is 40.9 Å². The second kappa shape index (κ2) is 12.8. The number of ether oxygens (including phenoxy) is 2. The van der Waals surface area contributed by atoms with Crippen LogP contribution in [0.3, 0.4) is 0 Å². The Morgan fingerprint density at radius 3 is 2.41 bits per heavy atom. The molecule has 1 heterocycles. The van der Waals surface area contributed by atoms with Crippen molar-refractivity contribution < 1.29 is 23.5 Å². The van der Waals surface area contributed by atoms with Gasteiger partial charge in [-0.05, 0) is 60.4 Å². The van der Waals surface area contributed by atoms with Crippen LogP contribution in [0.15, 0.2) is 42.5 Å². The summed E-state index contributed by atoms with van der Waals surface area (Å²) in [5.41, 5.74) is 1.33. The maximum Gasteiger partial charge on any atom is 0.247 e. The number of nitrogens with zero attached hydrogens (tertiary/aromatic N) is 5. The summed E-state index contributed by atoms with van der Waals surface area (Å²) in [5, 5.41) is 15.3. The maximum absolute atomic E-state index is 13.4. The minimum Gasteiger partial charge on any atom is -0.493 e. The van der Waals surface area contributed by atoms with Gasteiger partial charge in [0.15, 0.2) is 11.5 Å². The predicted molar refractivity (Wildman–Crippen MR) is 135 cm³/mol. The number of amides is 2. The second-order valence-corrected chi connectivity index (χ2v) is 9.01. The summed E-state index contributed by atoms with van der Waals surface area (Å²) in [6.45, 7) is 6.21. The van der Waals surface area contributed by atoms with Gasteiger partial charge in [-0.15, -0.1) is 10.2 Å². The number of benzene rings is 2. The molecule has 0 aliphatic heterocycles. The molecule has 0 saturated heterocycles. The normalized spacial score (nSPS) is 11.8. The Balaban J connectivity index is 1.77. The van der Waals surface area contributed by atoms with Crippen LogP contribution in [-0.4, -0.2) is 63.7 Å². The molecule has 0 radical (unpaired) electrons. The van der Waals surface area contributed by atoms with E-state index in [1.807, 2.05) is 0 Å². The fourth-order valence-electron chi connectivity index (χ4n) is 3.61. The van der Waals surface area contributed by atoms with Crippen LogP contribution in [0, 0.1) is 11.7 Å². The minimum absolute atomic E-state index is 0.120. The number of halogens is 1. The molecule has 0 aliphatic rings. The fourth-order valence-corrected chi connectivity index (χ4v) is 3.61. The zero-order valence-electron chi connectivity index (χ0n) is 21.8. The number of hydrogen-bond acceptors (Lipinski definition) is 7. The molecule has 0 spiro atoms. The molecule has 0 fully saturated rings. The van der Waals surface area contributed by atoms with Crippen molar-refractivity contribution in [3.8, 4) is 22.9 Å². The van der Waals surface area contributed by atoms with Gasteiger partial charge in [0.25, 0.3) is 0 Å². The molecular weight excluding hydrogens is 479 g/mol. The molecule has 1 atom stereocenters. The van der Waals surface area contributed by atoms with E-state index in [4.69, 9.17) is 9.47 Å². The van der Waals surface area contributed by atoms with Gasteiger partial charge < -0.3 is 19.7 Å². The van der Waals surface area contributed by atoms with Gasteiger partial charge in [-0.2, -0.15) is 4.80 Å². The van der Waals surface area contributed by atoms with Crippen LogP contribution in [0.1, 0.15) is 32.8 Å². The number of carbonyl (C=O) groups excluding carboxylic acids is 2. The van der Waals surface area contributed by atoms with Gasteiger partial charge >= 0.3 is 0 Å². The summed E-state index contributed by atoms with van der Waals surface area (Å²) < 4.78 is 24.0. The summed E-state index contributed by atoms with van der Waals surface area (Å²) in [7, 11) is 3.07. The van der Waals surface area contributed by atoms with Crippen LogP contribution >= 0.6 is 0 Å². The predicted octanol–water partition coefficient (Wildman–Crippen LogP) is 3.08. The topological polar surface area (TPSA) is 111 Å². The van der Waals surface area contributed by atoms with Crippen LogP contribution in [-0.2, 0) is 22.7 Å². The van der Waals surface area contributed by atoms with E-state index in [9.17, 15) is 14.0 Å². The largest absolute Gasteiger partial charge is 0.493 e. The third kappa shape index (κ3) is 7.48. The molecular formula is C26H33FN6O4. The molecule has 0 saturated carbocycles.